The second-order valence-electron chi connectivity index (χ2n) is 15.2. The summed E-state index contributed by atoms with van der Waals surface area (Å²) >= 11 is 1.86. The van der Waals surface area contributed by atoms with Gasteiger partial charge in [0.15, 0.2) is 0 Å². The van der Waals surface area contributed by atoms with Crippen LogP contribution in [0.5, 0.6) is 0 Å². The van der Waals surface area contributed by atoms with E-state index in [4.69, 9.17) is 4.42 Å². The van der Waals surface area contributed by atoms with E-state index in [1.165, 1.54) is 64.0 Å². The van der Waals surface area contributed by atoms with Crippen molar-refractivity contribution in [1.82, 2.24) is 0 Å². The van der Waals surface area contributed by atoms with Crippen molar-refractivity contribution < 1.29 is 4.42 Å². The number of hydrogen-bond acceptors (Lipinski definition) is 3. The summed E-state index contributed by atoms with van der Waals surface area (Å²) in [5, 5.41) is 9.62. The molecule has 0 radical (unpaired) electrons. The first kappa shape index (κ1) is 33.7. The van der Waals surface area contributed by atoms with Gasteiger partial charge in [-0.3, -0.25) is 0 Å². The molecular formula is C56H35NOS. The van der Waals surface area contributed by atoms with Crippen LogP contribution in [0.3, 0.4) is 0 Å². The summed E-state index contributed by atoms with van der Waals surface area (Å²) in [6.45, 7) is 0. The fourth-order valence-electron chi connectivity index (χ4n) is 9.18. The van der Waals surface area contributed by atoms with Gasteiger partial charge in [0, 0.05) is 59.2 Å². The molecule has 2 nitrogen and oxygen atoms in total. The molecule has 59 heavy (non-hydrogen) atoms. The van der Waals surface area contributed by atoms with E-state index in [0.717, 1.165) is 50.1 Å². The topological polar surface area (TPSA) is 16.4 Å². The van der Waals surface area contributed by atoms with Crippen LogP contribution in [0, 0.1) is 0 Å². The minimum atomic E-state index is 0.857. The lowest BCUT2D eigenvalue weighted by Crippen LogP contribution is -2.13. The maximum absolute atomic E-state index is 6.62. The minimum Gasteiger partial charge on any atom is -0.456 e. The first-order valence-electron chi connectivity index (χ1n) is 20.1. The average molecular weight is 770 g/mol. The molecule has 2 heterocycles. The van der Waals surface area contributed by atoms with E-state index >= 15 is 0 Å². The summed E-state index contributed by atoms with van der Waals surface area (Å²) in [5.74, 6) is 0. The van der Waals surface area contributed by atoms with E-state index in [-0.39, 0.29) is 0 Å². The van der Waals surface area contributed by atoms with Gasteiger partial charge in [0.25, 0.3) is 0 Å². The molecule has 0 fully saturated rings. The molecule has 0 saturated heterocycles. The van der Waals surface area contributed by atoms with Crippen LogP contribution in [0.15, 0.2) is 217 Å². The zero-order valence-corrected chi connectivity index (χ0v) is 32.8. The third kappa shape index (κ3) is 5.47. The molecule has 2 aromatic heterocycles. The number of nitrogens with zero attached hydrogens (tertiary/aromatic N) is 1. The Kier molecular flexibility index (Phi) is 7.75. The van der Waals surface area contributed by atoms with Crippen LogP contribution in [0.4, 0.5) is 17.1 Å². The lowest BCUT2D eigenvalue weighted by atomic mass is 9.88. The van der Waals surface area contributed by atoms with E-state index in [9.17, 15) is 0 Å². The fraction of sp³-hybridized carbons (Fsp3) is 0. The molecule has 0 bridgehead atoms. The number of benzene rings is 10. The van der Waals surface area contributed by atoms with E-state index in [2.05, 4.69) is 211 Å². The monoisotopic (exact) mass is 769 g/mol. The molecule has 0 aliphatic rings. The Balaban J connectivity index is 1.20. The molecule has 0 aliphatic heterocycles. The molecule has 10 aromatic carbocycles. The number of furan rings is 1. The van der Waals surface area contributed by atoms with Crippen LogP contribution >= 0.6 is 11.3 Å². The summed E-state index contributed by atoms with van der Waals surface area (Å²) < 4.78 is 9.20. The lowest BCUT2D eigenvalue weighted by molar-refractivity contribution is 0.669. The molecule has 276 valence electrons. The predicted octanol–water partition coefficient (Wildman–Crippen LogP) is 16.7. The van der Waals surface area contributed by atoms with Crippen molar-refractivity contribution in [3.63, 3.8) is 0 Å². The molecule has 0 saturated carbocycles. The Hall–Kier alpha value is -7.46. The highest BCUT2D eigenvalue weighted by Crippen LogP contribution is 2.52. The third-order valence-corrected chi connectivity index (χ3v) is 13.0. The van der Waals surface area contributed by atoms with Gasteiger partial charge in [-0.05, 0) is 80.9 Å². The molecule has 0 unspecified atom stereocenters. The molecule has 0 spiro atoms. The SMILES string of the molecule is c1ccc(-c2cccc(-c3c(N(c4ccc5c(c4)oc4ccccc45)c4ccccc4-c4ccc5c(c4)sc4ccccc45)c4ccccc4c4ccccc34)c2)cc1. The molecule has 12 aromatic rings. The highest BCUT2D eigenvalue weighted by molar-refractivity contribution is 7.25. The van der Waals surface area contributed by atoms with Gasteiger partial charge in [-0.1, -0.05) is 164 Å². The maximum atomic E-state index is 6.62. The van der Waals surface area contributed by atoms with Crippen LogP contribution in [0.1, 0.15) is 0 Å². The second kappa shape index (κ2) is 13.6. The maximum Gasteiger partial charge on any atom is 0.137 e. The lowest BCUT2D eigenvalue weighted by Gasteiger charge is -2.32. The summed E-state index contributed by atoms with van der Waals surface area (Å²) in [7, 11) is 0. The van der Waals surface area contributed by atoms with Crippen molar-refractivity contribution in [1.29, 1.82) is 0 Å². The van der Waals surface area contributed by atoms with Gasteiger partial charge < -0.3 is 9.32 Å². The Labute approximate surface area is 345 Å². The van der Waals surface area contributed by atoms with Gasteiger partial charge in [-0.25, -0.2) is 0 Å². The number of hydrogen-bond donors (Lipinski definition) is 0. The van der Waals surface area contributed by atoms with Crippen LogP contribution in [-0.2, 0) is 0 Å². The molecule has 12 rings (SSSR count). The molecule has 0 aliphatic carbocycles. The Morgan fingerprint density at radius 1 is 0.339 bits per heavy atom. The van der Waals surface area contributed by atoms with Gasteiger partial charge in [-0.15, -0.1) is 11.3 Å². The van der Waals surface area contributed by atoms with Crippen molar-refractivity contribution in [2.75, 3.05) is 4.90 Å². The normalized spacial score (nSPS) is 11.7. The van der Waals surface area contributed by atoms with Crippen molar-refractivity contribution in [3.05, 3.63) is 212 Å². The van der Waals surface area contributed by atoms with Gasteiger partial charge in [0.05, 0.1) is 11.4 Å². The standard InChI is InChI=1S/C56H35NOS/c1-2-15-36(16-3-1)37-17-14-18-39(33-37)55-48-24-6-4-20-42(48)43-21-5-7-25-49(43)56(55)57(40-30-32-45-44-22-9-12-27-51(44)58-52(45)35-40)50-26-11-8-19-41(50)38-29-31-47-46-23-10-13-28-53(46)59-54(47)34-38/h1-35H. The van der Waals surface area contributed by atoms with Crippen LogP contribution in [0.2, 0.25) is 0 Å². The number of rotatable bonds is 6. The summed E-state index contributed by atoms with van der Waals surface area (Å²) in [4.78, 5) is 2.50. The number of para-hydroxylation sites is 2. The Bertz CT molecular complexity index is 3580. The number of thiophene rings is 1. The first-order valence-corrected chi connectivity index (χ1v) is 20.9. The Morgan fingerprint density at radius 3 is 1.81 bits per heavy atom. The van der Waals surface area contributed by atoms with Crippen molar-refractivity contribution in [3.8, 4) is 33.4 Å². The van der Waals surface area contributed by atoms with Gasteiger partial charge in [0.1, 0.15) is 11.2 Å². The van der Waals surface area contributed by atoms with E-state index in [1.807, 2.05) is 17.4 Å². The zero-order valence-electron chi connectivity index (χ0n) is 32.0. The quantitative estimate of drug-likeness (QED) is 0.157. The molecule has 0 amide bonds. The smallest absolute Gasteiger partial charge is 0.137 e. The van der Waals surface area contributed by atoms with E-state index < -0.39 is 0 Å². The van der Waals surface area contributed by atoms with Crippen molar-refractivity contribution in [2.45, 2.75) is 0 Å². The zero-order chi connectivity index (χ0) is 38.9. The minimum absolute atomic E-state index is 0.857. The third-order valence-electron chi connectivity index (χ3n) is 11.8. The molecular weight excluding hydrogens is 735 g/mol. The molecule has 0 N–H and O–H groups in total. The highest BCUT2D eigenvalue weighted by atomic mass is 32.1. The van der Waals surface area contributed by atoms with Gasteiger partial charge >= 0.3 is 0 Å². The van der Waals surface area contributed by atoms with Gasteiger partial charge in [-0.2, -0.15) is 0 Å². The molecule has 0 atom stereocenters. The predicted molar refractivity (Wildman–Crippen MR) is 253 cm³/mol. The summed E-state index contributed by atoms with van der Waals surface area (Å²) in [6, 6.07) is 77.2. The van der Waals surface area contributed by atoms with E-state index in [0.29, 0.717) is 0 Å². The largest absolute Gasteiger partial charge is 0.456 e. The highest BCUT2D eigenvalue weighted by Gasteiger charge is 2.26. The number of anilines is 3. The van der Waals surface area contributed by atoms with Crippen LogP contribution in [0.25, 0.3) is 97.0 Å². The van der Waals surface area contributed by atoms with E-state index in [1.54, 1.807) is 0 Å². The average Bonchev–Trinajstić information content (AvgIpc) is 3.87. The van der Waals surface area contributed by atoms with Crippen LogP contribution < -0.4 is 4.90 Å². The molecule has 3 heteroatoms. The van der Waals surface area contributed by atoms with Crippen molar-refractivity contribution in [2.24, 2.45) is 0 Å². The van der Waals surface area contributed by atoms with Crippen LogP contribution in [-0.4, -0.2) is 0 Å². The summed E-state index contributed by atoms with van der Waals surface area (Å²) in [6.07, 6.45) is 0. The second-order valence-corrected chi connectivity index (χ2v) is 16.3. The first-order chi connectivity index (χ1) is 29.3. The van der Waals surface area contributed by atoms with Crippen molar-refractivity contribution >= 4 is 92.1 Å². The van der Waals surface area contributed by atoms with Gasteiger partial charge in [0.2, 0.25) is 0 Å². The fourth-order valence-corrected chi connectivity index (χ4v) is 10.3. The summed E-state index contributed by atoms with van der Waals surface area (Å²) in [5.41, 5.74) is 12.0. The Morgan fingerprint density at radius 2 is 0.949 bits per heavy atom. The number of fused-ring (bicyclic) bond motifs is 9.